The highest BCUT2D eigenvalue weighted by atomic mass is 79.9. The van der Waals surface area contributed by atoms with E-state index in [0.29, 0.717) is 10.9 Å². The highest BCUT2D eigenvalue weighted by Crippen LogP contribution is 2.26. The lowest BCUT2D eigenvalue weighted by atomic mass is 9.96. The van der Waals surface area contributed by atoms with Gasteiger partial charge in [-0.05, 0) is 49.1 Å². The van der Waals surface area contributed by atoms with Gasteiger partial charge < -0.3 is 5.73 Å². The summed E-state index contributed by atoms with van der Waals surface area (Å²) in [5, 5.41) is 0. The van der Waals surface area contributed by atoms with E-state index in [4.69, 9.17) is 5.73 Å². The largest absolute Gasteiger partial charge is 0.323 e. The van der Waals surface area contributed by atoms with Crippen LogP contribution in [0.15, 0.2) is 34.8 Å². The number of nitrogens with two attached hydrogens (primary N) is 1. The summed E-state index contributed by atoms with van der Waals surface area (Å²) >= 11 is 3.06. The third-order valence-electron chi connectivity index (χ3n) is 3.44. The van der Waals surface area contributed by atoms with Crippen molar-refractivity contribution in [2.45, 2.75) is 26.3 Å². The lowest BCUT2D eigenvalue weighted by molar-refractivity contribution is 0.523. The normalized spacial score (nSPS) is 12.5. The van der Waals surface area contributed by atoms with Crippen LogP contribution in [0.5, 0.6) is 0 Å². The maximum Gasteiger partial charge on any atom is 0.132 e. The minimum atomic E-state index is -0.704. The molecule has 0 saturated carbocycles. The average Bonchev–Trinajstić information content (AvgIpc) is 2.32. The molecule has 2 aromatic rings. The van der Waals surface area contributed by atoms with E-state index in [-0.39, 0.29) is 5.56 Å². The van der Waals surface area contributed by atoms with Gasteiger partial charge in [-0.2, -0.15) is 0 Å². The third-order valence-corrected chi connectivity index (χ3v) is 3.90. The fraction of sp³-hybridized carbons (Fsp3) is 0.250. The van der Waals surface area contributed by atoms with Crippen molar-refractivity contribution in [3.63, 3.8) is 0 Å². The van der Waals surface area contributed by atoms with Crippen molar-refractivity contribution in [2.24, 2.45) is 5.73 Å². The van der Waals surface area contributed by atoms with Crippen LogP contribution < -0.4 is 5.73 Å². The molecule has 1 atom stereocenters. The first-order valence-corrected chi connectivity index (χ1v) is 7.14. The van der Waals surface area contributed by atoms with Gasteiger partial charge in [-0.15, -0.1) is 0 Å². The van der Waals surface area contributed by atoms with Gasteiger partial charge in [0.15, 0.2) is 0 Å². The second-order valence-electron chi connectivity index (χ2n) is 5.01. The van der Waals surface area contributed by atoms with Crippen molar-refractivity contribution in [1.82, 2.24) is 0 Å². The van der Waals surface area contributed by atoms with E-state index >= 15 is 0 Å². The standard InChI is InChI=1S/C16H16BrF2N/c1-9-3-4-11(5-10(9)2)6-15(20)16-13(18)7-12(17)8-14(16)19/h3-5,7-8,15H,6,20H2,1-2H3. The molecule has 0 radical (unpaired) electrons. The Hall–Kier alpha value is -1.26. The van der Waals surface area contributed by atoms with Crippen molar-refractivity contribution < 1.29 is 8.78 Å². The summed E-state index contributed by atoms with van der Waals surface area (Å²) in [5.74, 6) is -1.23. The first-order chi connectivity index (χ1) is 9.38. The molecular formula is C16H16BrF2N. The number of hydrogen-bond acceptors (Lipinski definition) is 1. The van der Waals surface area contributed by atoms with Crippen LogP contribution in [-0.2, 0) is 6.42 Å². The topological polar surface area (TPSA) is 26.0 Å². The molecule has 2 N–H and O–H groups in total. The van der Waals surface area contributed by atoms with Crippen molar-refractivity contribution in [1.29, 1.82) is 0 Å². The number of rotatable bonds is 3. The van der Waals surface area contributed by atoms with E-state index in [1.165, 1.54) is 17.7 Å². The smallest absolute Gasteiger partial charge is 0.132 e. The van der Waals surface area contributed by atoms with Crippen LogP contribution in [0.3, 0.4) is 0 Å². The molecule has 0 aliphatic carbocycles. The first-order valence-electron chi connectivity index (χ1n) is 6.34. The summed E-state index contributed by atoms with van der Waals surface area (Å²) in [6.45, 7) is 4.03. The summed E-state index contributed by atoms with van der Waals surface area (Å²) < 4.78 is 28.1. The Morgan fingerprint density at radius 2 is 1.65 bits per heavy atom. The second-order valence-corrected chi connectivity index (χ2v) is 5.93. The van der Waals surface area contributed by atoms with Gasteiger partial charge in [-0.25, -0.2) is 8.78 Å². The Bertz CT molecular complexity index is 617. The van der Waals surface area contributed by atoms with Crippen molar-refractivity contribution >= 4 is 15.9 Å². The van der Waals surface area contributed by atoms with E-state index in [1.54, 1.807) is 0 Å². The summed E-state index contributed by atoms with van der Waals surface area (Å²) in [6, 6.07) is 7.70. The van der Waals surface area contributed by atoms with Gasteiger partial charge in [0.2, 0.25) is 0 Å². The van der Waals surface area contributed by atoms with Crippen LogP contribution in [-0.4, -0.2) is 0 Å². The Morgan fingerprint density at radius 1 is 1.05 bits per heavy atom. The van der Waals surface area contributed by atoms with Crippen molar-refractivity contribution in [3.05, 3.63) is 68.7 Å². The fourth-order valence-corrected chi connectivity index (χ4v) is 2.60. The van der Waals surface area contributed by atoms with Crippen LogP contribution in [0, 0.1) is 25.5 Å². The zero-order valence-corrected chi connectivity index (χ0v) is 13.0. The van der Waals surface area contributed by atoms with Gasteiger partial charge in [-0.3, -0.25) is 0 Å². The maximum absolute atomic E-state index is 13.9. The van der Waals surface area contributed by atoms with Gasteiger partial charge in [-0.1, -0.05) is 34.1 Å². The van der Waals surface area contributed by atoms with E-state index < -0.39 is 17.7 Å². The molecule has 1 nitrogen and oxygen atoms in total. The Morgan fingerprint density at radius 3 is 2.20 bits per heavy atom. The number of benzene rings is 2. The molecule has 0 fully saturated rings. The highest BCUT2D eigenvalue weighted by Gasteiger charge is 2.18. The van der Waals surface area contributed by atoms with Crippen LogP contribution in [0.25, 0.3) is 0 Å². The molecule has 4 heteroatoms. The SMILES string of the molecule is Cc1ccc(CC(N)c2c(F)cc(Br)cc2F)cc1C. The highest BCUT2D eigenvalue weighted by molar-refractivity contribution is 9.10. The molecule has 1 unspecified atom stereocenters. The molecule has 0 spiro atoms. The Labute approximate surface area is 125 Å². The van der Waals surface area contributed by atoms with E-state index in [2.05, 4.69) is 15.9 Å². The second kappa shape index (κ2) is 6.02. The van der Waals surface area contributed by atoms with E-state index in [9.17, 15) is 8.78 Å². The predicted octanol–water partition coefficient (Wildman–Crippen LogP) is 4.59. The molecule has 0 saturated heterocycles. The molecule has 0 heterocycles. The molecule has 0 aliphatic heterocycles. The summed E-state index contributed by atoms with van der Waals surface area (Å²) in [6.07, 6.45) is 0.399. The average molecular weight is 340 g/mol. The monoisotopic (exact) mass is 339 g/mol. The van der Waals surface area contributed by atoms with Gasteiger partial charge >= 0.3 is 0 Å². The molecule has 20 heavy (non-hydrogen) atoms. The Kier molecular flexibility index (Phi) is 4.55. The van der Waals surface area contributed by atoms with E-state index in [1.807, 2.05) is 32.0 Å². The summed E-state index contributed by atoms with van der Waals surface area (Å²) in [7, 11) is 0. The lowest BCUT2D eigenvalue weighted by Gasteiger charge is -2.15. The minimum Gasteiger partial charge on any atom is -0.323 e. The third kappa shape index (κ3) is 3.25. The van der Waals surface area contributed by atoms with Crippen molar-refractivity contribution in [3.8, 4) is 0 Å². The molecule has 0 aromatic heterocycles. The number of hydrogen-bond donors (Lipinski definition) is 1. The van der Waals surface area contributed by atoms with Crippen molar-refractivity contribution in [2.75, 3.05) is 0 Å². The van der Waals surface area contributed by atoms with Gasteiger partial charge in [0.25, 0.3) is 0 Å². The predicted molar refractivity (Wildman–Crippen MR) is 80.6 cm³/mol. The number of aryl methyl sites for hydroxylation is 2. The van der Waals surface area contributed by atoms with Gasteiger partial charge in [0.1, 0.15) is 11.6 Å². The molecule has 0 amide bonds. The molecule has 2 rings (SSSR count). The zero-order chi connectivity index (χ0) is 14.9. The lowest BCUT2D eigenvalue weighted by Crippen LogP contribution is -2.17. The van der Waals surface area contributed by atoms with Crippen LogP contribution in [0.4, 0.5) is 8.78 Å². The van der Waals surface area contributed by atoms with Crippen LogP contribution in [0.2, 0.25) is 0 Å². The minimum absolute atomic E-state index is 0.0635. The zero-order valence-electron chi connectivity index (χ0n) is 11.4. The van der Waals surface area contributed by atoms with Crippen LogP contribution >= 0.6 is 15.9 Å². The molecule has 2 aromatic carbocycles. The first kappa shape index (κ1) is 15.1. The molecular weight excluding hydrogens is 324 g/mol. The number of halogens is 3. The van der Waals surface area contributed by atoms with E-state index in [0.717, 1.165) is 11.1 Å². The fourth-order valence-electron chi connectivity index (χ4n) is 2.19. The molecule has 0 aliphatic rings. The molecule has 106 valence electrons. The summed E-state index contributed by atoms with van der Waals surface area (Å²) in [4.78, 5) is 0. The van der Waals surface area contributed by atoms with Gasteiger partial charge in [0.05, 0.1) is 0 Å². The van der Waals surface area contributed by atoms with Crippen LogP contribution in [0.1, 0.15) is 28.3 Å². The van der Waals surface area contributed by atoms with Gasteiger partial charge in [0, 0.05) is 16.1 Å². The molecule has 0 bridgehead atoms. The quantitative estimate of drug-likeness (QED) is 0.869. The summed E-state index contributed by atoms with van der Waals surface area (Å²) in [5.41, 5.74) is 9.21. The maximum atomic E-state index is 13.9. The Balaban J connectivity index is 2.28.